The van der Waals surface area contributed by atoms with E-state index in [2.05, 4.69) is 4.98 Å². The maximum absolute atomic E-state index is 11.4. The van der Waals surface area contributed by atoms with E-state index in [4.69, 9.17) is 23.2 Å². The summed E-state index contributed by atoms with van der Waals surface area (Å²) in [6.45, 7) is 0. The molecule has 0 radical (unpaired) electrons. The molecule has 2 aromatic rings. The minimum atomic E-state index is -0.119. The number of ketones is 1. The number of hydrogen-bond donors (Lipinski definition) is 1. The monoisotopic (exact) mass is 227 g/mol. The first-order valence-electron chi connectivity index (χ1n) is 4.09. The highest BCUT2D eigenvalue weighted by Crippen LogP contribution is 2.26. The molecule has 0 aliphatic carbocycles. The Morgan fingerprint density at radius 1 is 1.43 bits per heavy atom. The first-order valence-corrected chi connectivity index (χ1v) is 5.00. The van der Waals surface area contributed by atoms with E-state index in [0.29, 0.717) is 10.6 Å². The van der Waals surface area contributed by atoms with Crippen LogP contribution in [0.4, 0.5) is 0 Å². The number of aromatic amines is 1. The van der Waals surface area contributed by atoms with Crippen molar-refractivity contribution in [3.63, 3.8) is 0 Å². The number of nitrogens with one attached hydrogen (secondary N) is 1. The third-order valence-electron chi connectivity index (χ3n) is 2.08. The molecular formula is C10H7Cl2NO. The topological polar surface area (TPSA) is 32.9 Å². The van der Waals surface area contributed by atoms with Crippen molar-refractivity contribution in [1.82, 2.24) is 4.98 Å². The van der Waals surface area contributed by atoms with Gasteiger partial charge in [0.2, 0.25) is 0 Å². The zero-order valence-electron chi connectivity index (χ0n) is 7.18. The zero-order chi connectivity index (χ0) is 10.1. The predicted octanol–water partition coefficient (Wildman–Crippen LogP) is 3.24. The molecule has 4 heteroatoms. The van der Waals surface area contributed by atoms with Gasteiger partial charge in [0.1, 0.15) is 0 Å². The summed E-state index contributed by atoms with van der Waals surface area (Å²) in [5, 5.41) is 1.32. The van der Waals surface area contributed by atoms with Crippen molar-refractivity contribution in [2.45, 2.75) is 0 Å². The first kappa shape index (κ1) is 9.56. The molecule has 0 saturated carbocycles. The third-order valence-corrected chi connectivity index (χ3v) is 2.63. The Hall–Kier alpha value is -0.990. The van der Waals surface area contributed by atoms with E-state index >= 15 is 0 Å². The summed E-state index contributed by atoms with van der Waals surface area (Å²) in [5.41, 5.74) is 1.41. The van der Waals surface area contributed by atoms with Crippen LogP contribution in [0.3, 0.4) is 0 Å². The minimum Gasteiger partial charge on any atom is -0.360 e. The molecule has 72 valence electrons. The lowest BCUT2D eigenvalue weighted by molar-refractivity contribution is 0.102. The number of Topliss-reactive ketones (excluding diaryl/α,β-unsaturated/α-hetero) is 1. The number of hydrogen-bond acceptors (Lipinski definition) is 1. The van der Waals surface area contributed by atoms with Gasteiger partial charge >= 0.3 is 0 Å². The summed E-state index contributed by atoms with van der Waals surface area (Å²) in [5.74, 6) is -0.149. The largest absolute Gasteiger partial charge is 0.360 e. The number of carbonyl (C=O) groups is 1. The summed E-state index contributed by atoms with van der Waals surface area (Å²) in [6, 6.07) is 5.45. The SMILES string of the molecule is O=C(CCl)c1c[nH]c2cccc(Cl)c12. The summed E-state index contributed by atoms with van der Waals surface area (Å²) in [7, 11) is 0. The highest BCUT2D eigenvalue weighted by molar-refractivity contribution is 6.38. The van der Waals surface area contributed by atoms with Crippen LogP contribution in [0.25, 0.3) is 10.9 Å². The van der Waals surface area contributed by atoms with Crippen molar-refractivity contribution in [2.75, 3.05) is 5.88 Å². The molecule has 1 aromatic carbocycles. The molecule has 0 fully saturated rings. The maximum atomic E-state index is 11.4. The average molecular weight is 228 g/mol. The van der Waals surface area contributed by atoms with Gasteiger partial charge in [-0.2, -0.15) is 0 Å². The van der Waals surface area contributed by atoms with Crippen molar-refractivity contribution in [3.8, 4) is 0 Å². The molecule has 0 bridgehead atoms. The van der Waals surface area contributed by atoms with Gasteiger partial charge in [-0.15, -0.1) is 11.6 Å². The van der Waals surface area contributed by atoms with E-state index in [1.165, 1.54) is 0 Å². The zero-order valence-corrected chi connectivity index (χ0v) is 8.69. The van der Waals surface area contributed by atoms with Crippen LogP contribution < -0.4 is 0 Å². The highest BCUT2D eigenvalue weighted by Gasteiger charge is 2.12. The number of carbonyl (C=O) groups excluding carboxylic acids is 1. The molecule has 14 heavy (non-hydrogen) atoms. The molecule has 0 saturated heterocycles. The Morgan fingerprint density at radius 2 is 2.21 bits per heavy atom. The average Bonchev–Trinajstić information content (AvgIpc) is 2.62. The van der Waals surface area contributed by atoms with Crippen molar-refractivity contribution in [1.29, 1.82) is 0 Å². The van der Waals surface area contributed by atoms with Crippen molar-refractivity contribution < 1.29 is 4.79 Å². The molecular weight excluding hydrogens is 221 g/mol. The van der Waals surface area contributed by atoms with E-state index in [1.54, 1.807) is 12.3 Å². The fraction of sp³-hybridized carbons (Fsp3) is 0.100. The number of benzene rings is 1. The molecule has 2 nitrogen and oxygen atoms in total. The first-order chi connectivity index (χ1) is 6.74. The van der Waals surface area contributed by atoms with E-state index in [9.17, 15) is 4.79 Å². The number of alkyl halides is 1. The number of fused-ring (bicyclic) bond motifs is 1. The fourth-order valence-corrected chi connectivity index (χ4v) is 1.85. The quantitative estimate of drug-likeness (QED) is 0.621. The van der Waals surface area contributed by atoms with Gasteiger partial charge in [0.15, 0.2) is 5.78 Å². The normalized spacial score (nSPS) is 10.7. The standard InChI is InChI=1S/C10H7Cl2NO/c11-4-9(14)6-5-13-8-3-1-2-7(12)10(6)8/h1-3,5,13H,4H2. The van der Waals surface area contributed by atoms with Crippen LogP contribution in [0.2, 0.25) is 5.02 Å². The van der Waals surface area contributed by atoms with E-state index in [0.717, 1.165) is 10.9 Å². The van der Waals surface area contributed by atoms with Crippen LogP contribution in [-0.4, -0.2) is 16.6 Å². The summed E-state index contributed by atoms with van der Waals surface area (Å²) >= 11 is 11.5. The maximum Gasteiger partial charge on any atom is 0.179 e. The lowest BCUT2D eigenvalue weighted by atomic mass is 10.1. The molecule has 0 aliphatic rings. The van der Waals surface area contributed by atoms with Crippen LogP contribution in [0.15, 0.2) is 24.4 Å². The highest BCUT2D eigenvalue weighted by atomic mass is 35.5. The second-order valence-corrected chi connectivity index (χ2v) is 3.60. The molecule has 1 N–H and O–H groups in total. The molecule has 0 spiro atoms. The Kier molecular flexibility index (Phi) is 2.48. The lowest BCUT2D eigenvalue weighted by Gasteiger charge is -1.96. The van der Waals surface area contributed by atoms with Gasteiger partial charge in [0, 0.05) is 22.7 Å². The number of halogens is 2. The Labute approximate surface area is 90.8 Å². The van der Waals surface area contributed by atoms with Crippen molar-refractivity contribution in [2.24, 2.45) is 0 Å². The molecule has 0 amide bonds. The molecule has 2 rings (SSSR count). The predicted molar refractivity (Wildman–Crippen MR) is 58.4 cm³/mol. The van der Waals surface area contributed by atoms with Gasteiger partial charge in [0.25, 0.3) is 0 Å². The second-order valence-electron chi connectivity index (χ2n) is 2.92. The number of rotatable bonds is 2. The van der Waals surface area contributed by atoms with Gasteiger partial charge in [-0.1, -0.05) is 17.7 Å². The molecule has 0 aliphatic heterocycles. The van der Waals surface area contributed by atoms with Crippen molar-refractivity contribution in [3.05, 3.63) is 35.0 Å². The van der Waals surface area contributed by atoms with Crippen LogP contribution >= 0.6 is 23.2 Å². The third kappa shape index (κ3) is 1.41. The minimum absolute atomic E-state index is 0.0296. The molecule has 0 atom stereocenters. The van der Waals surface area contributed by atoms with E-state index in [-0.39, 0.29) is 11.7 Å². The van der Waals surface area contributed by atoms with Crippen LogP contribution in [0, 0.1) is 0 Å². The molecule has 1 aromatic heterocycles. The Bertz CT molecular complexity index is 490. The van der Waals surface area contributed by atoms with Gasteiger partial charge in [-0.25, -0.2) is 0 Å². The van der Waals surface area contributed by atoms with Crippen molar-refractivity contribution >= 4 is 39.9 Å². The van der Waals surface area contributed by atoms with E-state index < -0.39 is 0 Å². The Morgan fingerprint density at radius 3 is 2.93 bits per heavy atom. The lowest BCUT2D eigenvalue weighted by Crippen LogP contribution is -1.98. The number of aromatic nitrogens is 1. The van der Waals surface area contributed by atoms with Crippen LogP contribution in [-0.2, 0) is 0 Å². The smallest absolute Gasteiger partial charge is 0.179 e. The van der Waals surface area contributed by atoms with Gasteiger partial charge in [0.05, 0.1) is 10.9 Å². The van der Waals surface area contributed by atoms with Crippen LogP contribution in [0.1, 0.15) is 10.4 Å². The summed E-state index contributed by atoms with van der Waals surface area (Å²) in [4.78, 5) is 14.4. The Balaban J connectivity index is 2.73. The summed E-state index contributed by atoms with van der Waals surface area (Å²) < 4.78 is 0. The van der Waals surface area contributed by atoms with Gasteiger partial charge < -0.3 is 4.98 Å². The fourth-order valence-electron chi connectivity index (χ4n) is 1.43. The molecule has 0 unspecified atom stereocenters. The summed E-state index contributed by atoms with van der Waals surface area (Å²) in [6.07, 6.45) is 1.64. The molecule has 1 heterocycles. The number of H-pyrrole nitrogens is 1. The van der Waals surface area contributed by atoms with Gasteiger partial charge in [-0.3, -0.25) is 4.79 Å². The van der Waals surface area contributed by atoms with E-state index in [1.807, 2.05) is 12.1 Å². The van der Waals surface area contributed by atoms with Crippen LogP contribution in [0.5, 0.6) is 0 Å². The van der Waals surface area contributed by atoms with Gasteiger partial charge in [-0.05, 0) is 12.1 Å². The second kappa shape index (κ2) is 3.64.